The Morgan fingerprint density at radius 3 is 2.87 bits per heavy atom. The van der Waals surface area contributed by atoms with Crippen LogP contribution in [0.4, 0.5) is 0 Å². The van der Waals surface area contributed by atoms with Gasteiger partial charge in [-0.15, -0.1) is 0 Å². The van der Waals surface area contributed by atoms with Crippen molar-refractivity contribution in [3.8, 4) is 0 Å². The highest BCUT2D eigenvalue weighted by Crippen LogP contribution is 2.41. The fraction of sp³-hybridized carbons (Fsp3) is 0.364. The summed E-state index contributed by atoms with van der Waals surface area (Å²) >= 11 is 7.03. The zero-order valence-corrected chi connectivity index (χ0v) is 11.1. The van der Waals surface area contributed by atoms with Crippen molar-refractivity contribution < 1.29 is 4.42 Å². The van der Waals surface area contributed by atoms with E-state index in [1.807, 2.05) is 6.07 Å². The average molecular weight is 331 g/mol. The molecule has 0 spiro atoms. The van der Waals surface area contributed by atoms with Gasteiger partial charge in [0.15, 0.2) is 11.5 Å². The van der Waals surface area contributed by atoms with Gasteiger partial charge in [0.25, 0.3) is 0 Å². The number of hydrogen-bond donors (Lipinski definition) is 0. The standard InChI is InChI=1S/C11H9Br2NO/c12-5-7-3-4-8-10(9(7)13)14-11(15-8)6-1-2-6/h3-4,6H,1-2,5H2. The van der Waals surface area contributed by atoms with Gasteiger partial charge in [0.2, 0.25) is 0 Å². The zero-order chi connectivity index (χ0) is 10.4. The molecule has 2 aromatic rings. The average Bonchev–Trinajstić information content (AvgIpc) is 2.99. The topological polar surface area (TPSA) is 26.0 Å². The molecule has 0 N–H and O–H groups in total. The van der Waals surface area contributed by atoms with Gasteiger partial charge in [0.05, 0.1) is 4.47 Å². The first-order valence-electron chi connectivity index (χ1n) is 4.93. The minimum atomic E-state index is 0.566. The van der Waals surface area contributed by atoms with E-state index in [1.54, 1.807) is 0 Å². The lowest BCUT2D eigenvalue weighted by Crippen LogP contribution is -1.82. The summed E-state index contributed by atoms with van der Waals surface area (Å²) in [5.74, 6) is 1.47. The number of benzene rings is 1. The molecule has 1 heterocycles. The third-order valence-corrected chi connectivity index (χ3v) is 4.16. The molecule has 3 rings (SSSR count). The van der Waals surface area contributed by atoms with Gasteiger partial charge in [0.1, 0.15) is 5.52 Å². The van der Waals surface area contributed by atoms with Crippen LogP contribution in [0.1, 0.15) is 30.2 Å². The Morgan fingerprint density at radius 1 is 1.40 bits per heavy atom. The minimum absolute atomic E-state index is 0.566. The number of hydrogen-bond acceptors (Lipinski definition) is 2. The van der Waals surface area contributed by atoms with Crippen LogP contribution in [0.25, 0.3) is 11.1 Å². The van der Waals surface area contributed by atoms with Crippen LogP contribution in [0.2, 0.25) is 0 Å². The molecule has 0 bridgehead atoms. The molecule has 78 valence electrons. The third kappa shape index (κ3) is 1.64. The molecule has 0 amide bonds. The van der Waals surface area contributed by atoms with Crippen LogP contribution in [0.15, 0.2) is 21.0 Å². The number of oxazole rings is 1. The number of aromatic nitrogens is 1. The van der Waals surface area contributed by atoms with Crippen LogP contribution in [-0.2, 0) is 5.33 Å². The maximum atomic E-state index is 5.72. The summed E-state index contributed by atoms with van der Waals surface area (Å²) in [6.07, 6.45) is 2.44. The summed E-state index contributed by atoms with van der Waals surface area (Å²) in [5.41, 5.74) is 3.04. The number of rotatable bonds is 2. The molecule has 0 aliphatic heterocycles. The monoisotopic (exact) mass is 329 g/mol. The molecule has 0 saturated heterocycles. The Kier molecular flexibility index (Phi) is 2.36. The number of fused-ring (bicyclic) bond motifs is 1. The first-order valence-corrected chi connectivity index (χ1v) is 6.85. The Hall–Kier alpha value is -0.350. The van der Waals surface area contributed by atoms with Crippen molar-refractivity contribution in [1.29, 1.82) is 0 Å². The van der Waals surface area contributed by atoms with Gasteiger partial charge >= 0.3 is 0 Å². The van der Waals surface area contributed by atoms with E-state index in [0.717, 1.165) is 26.8 Å². The molecule has 1 aromatic carbocycles. The van der Waals surface area contributed by atoms with E-state index in [4.69, 9.17) is 4.42 Å². The molecule has 1 aliphatic rings. The summed E-state index contributed by atoms with van der Waals surface area (Å²) in [6, 6.07) is 4.05. The largest absolute Gasteiger partial charge is 0.440 e. The van der Waals surface area contributed by atoms with Gasteiger partial charge in [-0.2, -0.15) is 0 Å². The lowest BCUT2D eigenvalue weighted by atomic mass is 10.2. The summed E-state index contributed by atoms with van der Waals surface area (Å²) in [7, 11) is 0. The number of halogens is 2. The molecule has 0 unspecified atom stereocenters. The zero-order valence-electron chi connectivity index (χ0n) is 7.96. The summed E-state index contributed by atoms with van der Waals surface area (Å²) in [5, 5.41) is 0.829. The van der Waals surface area contributed by atoms with Gasteiger partial charge in [-0.25, -0.2) is 4.98 Å². The van der Waals surface area contributed by atoms with Gasteiger partial charge in [-0.3, -0.25) is 0 Å². The summed E-state index contributed by atoms with van der Waals surface area (Å²) in [6.45, 7) is 0. The lowest BCUT2D eigenvalue weighted by molar-refractivity contribution is 0.533. The van der Waals surface area contributed by atoms with Gasteiger partial charge in [-0.1, -0.05) is 22.0 Å². The van der Waals surface area contributed by atoms with Crippen molar-refractivity contribution in [3.63, 3.8) is 0 Å². The van der Waals surface area contributed by atoms with Gasteiger partial charge in [0, 0.05) is 11.2 Å². The van der Waals surface area contributed by atoms with E-state index in [-0.39, 0.29) is 0 Å². The van der Waals surface area contributed by atoms with E-state index >= 15 is 0 Å². The number of nitrogens with zero attached hydrogens (tertiary/aromatic N) is 1. The maximum Gasteiger partial charge on any atom is 0.198 e. The van der Waals surface area contributed by atoms with Crippen LogP contribution < -0.4 is 0 Å². The van der Waals surface area contributed by atoms with E-state index in [1.165, 1.54) is 18.4 Å². The summed E-state index contributed by atoms with van der Waals surface area (Å²) < 4.78 is 6.76. The van der Waals surface area contributed by atoms with Crippen LogP contribution in [0.3, 0.4) is 0 Å². The molecule has 2 nitrogen and oxygen atoms in total. The molecule has 0 radical (unpaired) electrons. The van der Waals surface area contributed by atoms with Gasteiger partial charge < -0.3 is 4.42 Å². The van der Waals surface area contributed by atoms with Crippen molar-refractivity contribution in [2.24, 2.45) is 0 Å². The van der Waals surface area contributed by atoms with E-state index in [0.29, 0.717) is 5.92 Å². The highest BCUT2D eigenvalue weighted by Gasteiger charge is 2.29. The minimum Gasteiger partial charge on any atom is -0.440 e. The first kappa shape index (κ1) is 9.85. The molecule has 1 aromatic heterocycles. The summed E-state index contributed by atoms with van der Waals surface area (Å²) in [4.78, 5) is 4.55. The van der Waals surface area contributed by atoms with Crippen LogP contribution in [0, 0.1) is 0 Å². The second-order valence-electron chi connectivity index (χ2n) is 3.85. The lowest BCUT2D eigenvalue weighted by Gasteiger charge is -1.98. The Bertz CT molecular complexity index is 517. The Labute approximate surface area is 104 Å². The predicted octanol–water partition coefficient (Wildman–Crippen LogP) is 4.36. The van der Waals surface area contributed by atoms with Crippen LogP contribution in [-0.4, -0.2) is 4.98 Å². The van der Waals surface area contributed by atoms with Crippen molar-refractivity contribution >= 4 is 43.0 Å². The third-order valence-electron chi connectivity index (χ3n) is 2.67. The maximum absolute atomic E-state index is 5.72. The van der Waals surface area contributed by atoms with Gasteiger partial charge in [-0.05, 0) is 40.4 Å². The smallest absolute Gasteiger partial charge is 0.198 e. The molecule has 0 atom stereocenters. The second-order valence-corrected chi connectivity index (χ2v) is 5.20. The fourth-order valence-electron chi connectivity index (χ4n) is 1.63. The van der Waals surface area contributed by atoms with Crippen molar-refractivity contribution in [2.45, 2.75) is 24.1 Å². The Morgan fingerprint density at radius 2 is 2.20 bits per heavy atom. The van der Waals surface area contributed by atoms with Crippen LogP contribution >= 0.6 is 31.9 Å². The predicted molar refractivity (Wildman–Crippen MR) is 66.3 cm³/mol. The molecule has 1 saturated carbocycles. The molecule has 1 fully saturated rings. The first-order chi connectivity index (χ1) is 7.29. The van der Waals surface area contributed by atoms with E-state index < -0.39 is 0 Å². The highest BCUT2D eigenvalue weighted by atomic mass is 79.9. The molecule has 4 heteroatoms. The highest BCUT2D eigenvalue weighted by molar-refractivity contribution is 9.11. The normalized spacial score (nSPS) is 16.1. The molecule has 1 aliphatic carbocycles. The van der Waals surface area contributed by atoms with Crippen LogP contribution in [0.5, 0.6) is 0 Å². The van der Waals surface area contributed by atoms with Crippen molar-refractivity contribution in [2.75, 3.05) is 0 Å². The quantitative estimate of drug-likeness (QED) is 0.764. The second kappa shape index (κ2) is 3.59. The van der Waals surface area contributed by atoms with Crippen molar-refractivity contribution in [1.82, 2.24) is 4.98 Å². The SMILES string of the molecule is BrCc1ccc2oc(C3CC3)nc2c1Br. The molecular formula is C11H9Br2NO. The Balaban J connectivity index is 2.20. The number of alkyl halides is 1. The van der Waals surface area contributed by atoms with Crippen molar-refractivity contribution in [3.05, 3.63) is 28.1 Å². The molecule has 15 heavy (non-hydrogen) atoms. The fourth-order valence-corrected chi connectivity index (χ4v) is 3.03. The van der Waals surface area contributed by atoms with E-state index in [2.05, 4.69) is 42.9 Å². The molecular weight excluding hydrogens is 322 g/mol. The van der Waals surface area contributed by atoms with E-state index in [9.17, 15) is 0 Å².